The van der Waals surface area contributed by atoms with E-state index in [0.29, 0.717) is 19.5 Å². The van der Waals surface area contributed by atoms with E-state index in [1.165, 1.54) is 12.1 Å². The Bertz CT molecular complexity index is 511. The number of carbonyl (C=O) groups is 2. The molecule has 1 aromatic rings. The van der Waals surface area contributed by atoms with Crippen LogP contribution in [0.4, 0.5) is 4.39 Å². The molecule has 1 saturated heterocycles. The molecule has 0 spiro atoms. The normalized spacial score (nSPS) is 15.6. The lowest BCUT2D eigenvalue weighted by Gasteiger charge is -2.34. The average molecular weight is 307 g/mol. The Labute approximate surface area is 130 Å². The van der Waals surface area contributed by atoms with E-state index in [0.717, 1.165) is 31.7 Å². The third-order valence-electron chi connectivity index (χ3n) is 3.88. The maximum absolute atomic E-state index is 12.8. The summed E-state index contributed by atoms with van der Waals surface area (Å²) in [5.41, 5.74) is 0.879. The number of hydrogen-bond donors (Lipinski definition) is 1. The highest BCUT2D eigenvalue weighted by Crippen LogP contribution is 2.04. The van der Waals surface area contributed by atoms with Gasteiger partial charge in [0.05, 0.1) is 0 Å². The molecule has 6 heteroatoms. The van der Waals surface area contributed by atoms with Crippen LogP contribution < -0.4 is 5.32 Å². The van der Waals surface area contributed by atoms with E-state index in [-0.39, 0.29) is 17.6 Å². The van der Waals surface area contributed by atoms with Crippen LogP contribution in [-0.4, -0.2) is 54.3 Å². The first kappa shape index (κ1) is 16.4. The SMILES string of the molecule is CC(=O)N1CCN(CCC(=O)NCc2ccc(F)cc2)CC1. The van der Waals surface area contributed by atoms with Crippen molar-refractivity contribution in [2.45, 2.75) is 19.9 Å². The molecule has 2 rings (SSSR count). The highest BCUT2D eigenvalue weighted by Gasteiger charge is 2.18. The number of amides is 2. The van der Waals surface area contributed by atoms with Crippen LogP contribution in [-0.2, 0) is 16.1 Å². The smallest absolute Gasteiger partial charge is 0.221 e. The zero-order valence-corrected chi connectivity index (χ0v) is 12.8. The van der Waals surface area contributed by atoms with Crippen LogP contribution in [0.5, 0.6) is 0 Å². The zero-order chi connectivity index (χ0) is 15.9. The van der Waals surface area contributed by atoms with Gasteiger partial charge in [0.1, 0.15) is 5.82 Å². The average Bonchev–Trinajstić information content (AvgIpc) is 2.52. The molecule has 5 nitrogen and oxygen atoms in total. The van der Waals surface area contributed by atoms with E-state index in [1.807, 2.05) is 4.90 Å². The van der Waals surface area contributed by atoms with Crippen molar-refractivity contribution in [2.24, 2.45) is 0 Å². The fourth-order valence-electron chi connectivity index (χ4n) is 2.44. The minimum atomic E-state index is -0.278. The first-order chi connectivity index (χ1) is 10.5. The lowest BCUT2D eigenvalue weighted by Crippen LogP contribution is -2.48. The van der Waals surface area contributed by atoms with Gasteiger partial charge in [0, 0.05) is 52.6 Å². The van der Waals surface area contributed by atoms with Crippen LogP contribution in [0.25, 0.3) is 0 Å². The number of nitrogens with zero attached hydrogens (tertiary/aromatic N) is 2. The van der Waals surface area contributed by atoms with Crippen molar-refractivity contribution < 1.29 is 14.0 Å². The van der Waals surface area contributed by atoms with Crippen molar-refractivity contribution in [3.8, 4) is 0 Å². The first-order valence-corrected chi connectivity index (χ1v) is 7.53. The molecule has 0 unspecified atom stereocenters. The second-order valence-corrected chi connectivity index (χ2v) is 5.50. The number of carbonyl (C=O) groups excluding carboxylic acids is 2. The Morgan fingerprint density at radius 2 is 1.77 bits per heavy atom. The molecule has 0 atom stereocenters. The largest absolute Gasteiger partial charge is 0.352 e. The highest BCUT2D eigenvalue weighted by molar-refractivity contribution is 5.76. The van der Waals surface area contributed by atoms with Gasteiger partial charge in [-0.25, -0.2) is 4.39 Å². The molecule has 0 saturated carbocycles. The lowest BCUT2D eigenvalue weighted by molar-refractivity contribution is -0.131. The number of piperazine rings is 1. The van der Waals surface area contributed by atoms with E-state index < -0.39 is 0 Å². The number of benzene rings is 1. The molecule has 1 N–H and O–H groups in total. The van der Waals surface area contributed by atoms with Gasteiger partial charge in [-0.15, -0.1) is 0 Å². The molecular weight excluding hydrogens is 285 g/mol. The topological polar surface area (TPSA) is 52.7 Å². The number of nitrogens with one attached hydrogen (secondary N) is 1. The Kier molecular flexibility index (Phi) is 5.89. The molecule has 1 aliphatic heterocycles. The summed E-state index contributed by atoms with van der Waals surface area (Å²) in [6.45, 7) is 5.77. The molecule has 0 radical (unpaired) electrons. The van der Waals surface area contributed by atoms with Gasteiger partial charge in [-0.1, -0.05) is 12.1 Å². The quantitative estimate of drug-likeness (QED) is 0.883. The Balaban J connectivity index is 1.64. The molecule has 0 aliphatic carbocycles. The van der Waals surface area contributed by atoms with Gasteiger partial charge in [0.25, 0.3) is 0 Å². The third kappa shape index (κ3) is 5.11. The molecule has 1 fully saturated rings. The van der Waals surface area contributed by atoms with E-state index in [4.69, 9.17) is 0 Å². The molecular formula is C16H22FN3O2. The standard InChI is InChI=1S/C16H22FN3O2/c1-13(21)20-10-8-19(9-11-20)7-6-16(22)18-12-14-2-4-15(17)5-3-14/h2-5H,6-12H2,1H3,(H,18,22). The predicted octanol–water partition coefficient (Wildman–Crippen LogP) is 0.996. The summed E-state index contributed by atoms with van der Waals surface area (Å²) in [5.74, 6) is -0.185. The maximum Gasteiger partial charge on any atom is 0.221 e. The van der Waals surface area contributed by atoms with Crippen molar-refractivity contribution in [3.05, 3.63) is 35.6 Å². The molecule has 1 heterocycles. The lowest BCUT2D eigenvalue weighted by atomic mass is 10.2. The summed E-state index contributed by atoms with van der Waals surface area (Å²) in [5, 5.41) is 2.83. The van der Waals surface area contributed by atoms with Crippen LogP contribution >= 0.6 is 0 Å². The van der Waals surface area contributed by atoms with Crippen LogP contribution in [0, 0.1) is 5.82 Å². The van der Waals surface area contributed by atoms with Crippen molar-refractivity contribution in [1.82, 2.24) is 15.1 Å². The summed E-state index contributed by atoms with van der Waals surface area (Å²) in [6, 6.07) is 6.10. The summed E-state index contributed by atoms with van der Waals surface area (Å²) in [6.07, 6.45) is 0.432. The van der Waals surface area contributed by atoms with Crippen LogP contribution in [0.3, 0.4) is 0 Å². The monoisotopic (exact) mass is 307 g/mol. The van der Waals surface area contributed by atoms with Crippen LogP contribution in [0.1, 0.15) is 18.9 Å². The van der Waals surface area contributed by atoms with Crippen molar-refractivity contribution in [3.63, 3.8) is 0 Å². The fourth-order valence-corrected chi connectivity index (χ4v) is 2.44. The molecule has 2 amide bonds. The summed E-state index contributed by atoms with van der Waals surface area (Å²) >= 11 is 0. The van der Waals surface area contributed by atoms with Gasteiger partial charge >= 0.3 is 0 Å². The minimum absolute atomic E-state index is 0.0154. The van der Waals surface area contributed by atoms with E-state index in [2.05, 4.69) is 10.2 Å². The summed E-state index contributed by atoms with van der Waals surface area (Å²) in [4.78, 5) is 27.1. The number of halogens is 1. The Morgan fingerprint density at radius 3 is 2.36 bits per heavy atom. The summed E-state index contributed by atoms with van der Waals surface area (Å²) in [7, 11) is 0. The second kappa shape index (κ2) is 7.89. The maximum atomic E-state index is 12.8. The molecule has 1 aromatic carbocycles. The zero-order valence-electron chi connectivity index (χ0n) is 12.8. The number of rotatable bonds is 5. The van der Waals surface area contributed by atoms with Gasteiger partial charge in [-0.05, 0) is 17.7 Å². The van der Waals surface area contributed by atoms with Crippen molar-refractivity contribution >= 4 is 11.8 Å². The highest BCUT2D eigenvalue weighted by atomic mass is 19.1. The predicted molar refractivity (Wildman–Crippen MR) is 81.6 cm³/mol. The van der Waals surface area contributed by atoms with Crippen LogP contribution in [0.2, 0.25) is 0 Å². The Morgan fingerprint density at radius 1 is 1.14 bits per heavy atom. The van der Waals surface area contributed by atoms with E-state index in [9.17, 15) is 14.0 Å². The third-order valence-corrected chi connectivity index (χ3v) is 3.88. The van der Waals surface area contributed by atoms with Gasteiger partial charge in [0.15, 0.2) is 0 Å². The van der Waals surface area contributed by atoms with E-state index >= 15 is 0 Å². The number of hydrogen-bond acceptors (Lipinski definition) is 3. The van der Waals surface area contributed by atoms with E-state index in [1.54, 1.807) is 19.1 Å². The first-order valence-electron chi connectivity index (χ1n) is 7.53. The summed E-state index contributed by atoms with van der Waals surface area (Å²) < 4.78 is 12.8. The molecule has 0 bridgehead atoms. The van der Waals surface area contributed by atoms with Crippen LogP contribution in [0.15, 0.2) is 24.3 Å². The van der Waals surface area contributed by atoms with Gasteiger partial charge in [-0.3, -0.25) is 14.5 Å². The fraction of sp³-hybridized carbons (Fsp3) is 0.500. The molecule has 0 aromatic heterocycles. The van der Waals surface area contributed by atoms with Gasteiger partial charge < -0.3 is 10.2 Å². The van der Waals surface area contributed by atoms with Crippen molar-refractivity contribution in [2.75, 3.05) is 32.7 Å². The second-order valence-electron chi connectivity index (χ2n) is 5.50. The molecule has 22 heavy (non-hydrogen) atoms. The Hall–Kier alpha value is -1.95. The molecule has 1 aliphatic rings. The molecule has 120 valence electrons. The van der Waals surface area contributed by atoms with Crippen molar-refractivity contribution in [1.29, 1.82) is 0 Å². The van der Waals surface area contributed by atoms with Gasteiger partial charge in [-0.2, -0.15) is 0 Å². The van der Waals surface area contributed by atoms with Gasteiger partial charge in [0.2, 0.25) is 11.8 Å². The minimum Gasteiger partial charge on any atom is -0.352 e.